The lowest BCUT2D eigenvalue weighted by atomic mass is 9.97. The lowest BCUT2D eigenvalue weighted by Gasteiger charge is -2.28. The summed E-state index contributed by atoms with van der Waals surface area (Å²) in [6.07, 6.45) is 2.11. The van der Waals surface area contributed by atoms with Gasteiger partial charge in [0.1, 0.15) is 5.60 Å². The van der Waals surface area contributed by atoms with Crippen LogP contribution in [0, 0.1) is 0 Å². The summed E-state index contributed by atoms with van der Waals surface area (Å²) in [6.45, 7) is 2.64. The number of nitrogens with one attached hydrogen (secondary N) is 1. The van der Waals surface area contributed by atoms with Gasteiger partial charge in [-0.15, -0.1) is 0 Å². The van der Waals surface area contributed by atoms with Crippen LogP contribution in [-0.2, 0) is 14.3 Å². The first-order valence-electron chi connectivity index (χ1n) is 8.87. The third-order valence-electron chi connectivity index (χ3n) is 5.35. The molecule has 1 amide bonds. The number of hydrogen-bond donors (Lipinski definition) is 1. The van der Waals surface area contributed by atoms with Crippen molar-refractivity contribution in [3.8, 4) is 0 Å². The summed E-state index contributed by atoms with van der Waals surface area (Å²) in [6, 6.07) is 14.0. The summed E-state index contributed by atoms with van der Waals surface area (Å²) in [5.74, 6) is 0.00116. The van der Waals surface area contributed by atoms with Gasteiger partial charge in [0, 0.05) is 37.9 Å². The van der Waals surface area contributed by atoms with E-state index in [1.807, 2.05) is 30.3 Å². The molecule has 2 atom stereocenters. The summed E-state index contributed by atoms with van der Waals surface area (Å²) < 4.78 is 11.6. The molecule has 0 unspecified atom stereocenters. The van der Waals surface area contributed by atoms with Gasteiger partial charge in [0.25, 0.3) is 0 Å². The average molecular weight is 340 g/mol. The molecule has 2 aromatic carbocycles. The molecule has 25 heavy (non-hydrogen) atoms. The Labute approximate surface area is 147 Å². The molecule has 0 aromatic heterocycles. The molecule has 2 saturated heterocycles. The van der Waals surface area contributed by atoms with Crippen LogP contribution in [0.2, 0.25) is 0 Å². The monoisotopic (exact) mass is 340 g/mol. The predicted molar refractivity (Wildman–Crippen MR) is 97.7 cm³/mol. The third-order valence-corrected chi connectivity index (χ3v) is 5.35. The van der Waals surface area contributed by atoms with Crippen LogP contribution in [-0.4, -0.2) is 55.9 Å². The molecular formula is C20H24N2O3. The van der Waals surface area contributed by atoms with E-state index in [1.54, 1.807) is 7.11 Å². The number of likely N-dealkylation sites (tertiary alicyclic amines) is 1. The SMILES string of the molecule is CO[C@@H]1CN(CC(=O)Nc2cccc3ccccc23)C[C@]12CCCO2. The fourth-order valence-corrected chi connectivity index (χ4v) is 4.18. The highest BCUT2D eigenvalue weighted by atomic mass is 16.6. The predicted octanol–water partition coefficient (Wildman–Crippen LogP) is 2.66. The van der Waals surface area contributed by atoms with Crippen molar-refractivity contribution >= 4 is 22.4 Å². The van der Waals surface area contributed by atoms with Gasteiger partial charge in [0.2, 0.25) is 5.91 Å². The zero-order chi connectivity index (χ0) is 17.3. The van der Waals surface area contributed by atoms with Crippen molar-refractivity contribution in [3.05, 3.63) is 42.5 Å². The minimum Gasteiger partial charge on any atom is -0.377 e. The Morgan fingerprint density at radius 1 is 1.32 bits per heavy atom. The van der Waals surface area contributed by atoms with Crippen molar-refractivity contribution in [1.29, 1.82) is 0 Å². The maximum Gasteiger partial charge on any atom is 0.238 e. The Morgan fingerprint density at radius 2 is 2.16 bits per heavy atom. The number of rotatable bonds is 4. The molecule has 0 saturated carbocycles. The van der Waals surface area contributed by atoms with E-state index in [0.29, 0.717) is 6.54 Å². The van der Waals surface area contributed by atoms with Crippen molar-refractivity contribution in [2.24, 2.45) is 0 Å². The molecule has 5 nitrogen and oxygen atoms in total. The zero-order valence-electron chi connectivity index (χ0n) is 14.5. The number of hydrogen-bond acceptors (Lipinski definition) is 4. The van der Waals surface area contributed by atoms with E-state index in [2.05, 4.69) is 22.3 Å². The molecular weight excluding hydrogens is 316 g/mol. The minimum absolute atomic E-state index is 0.00116. The van der Waals surface area contributed by atoms with Crippen LogP contribution < -0.4 is 5.32 Å². The smallest absolute Gasteiger partial charge is 0.238 e. The van der Waals surface area contributed by atoms with Crippen molar-refractivity contribution in [3.63, 3.8) is 0 Å². The highest BCUT2D eigenvalue weighted by Gasteiger charge is 2.50. The number of methoxy groups -OCH3 is 1. The lowest BCUT2D eigenvalue weighted by molar-refractivity contribution is -0.117. The summed E-state index contributed by atoms with van der Waals surface area (Å²) in [5.41, 5.74) is 0.631. The second kappa shape index (κ2) is 6.75. The molecule has 1 N–H and O–H groups in total. The molecule has 0 aliphatic carbocycles. The first-order chi connectivity index (χ1) is 12.2. The van der Waals surface area contributed by atoms with Gasteiger partial charge >= 0.3 is 0 Å². The fraction of sp³-hybridized carbons (Fsp3) is 0.450. The maximum absolute atomic E-state index is 12.6. The first-order valence-corrected chi connectivity index (χ1v) is 8.87. The molecule has 0 radical (unpaired) electrons. The number of ether oxygens (including phenoxy) is 2. The average Bonchev–Trinajstić information content (AvgIpc) is 3.22. The van der Waals surface area contributed by atoms with Gasteiger partial charge in [-0.3, -0.25) is 9.69 Å². The number of amides is 1. The molecule has 5 heteroatoms. The van der Waals surface area contributed by atoms with Crippen LogP contribution in [0.15, 0.2) is 42.5 Å². The molecule has 2 aliphatic heterocycles. The summed E-state index contributed by atoms with van der Waals surface area (Å²) in [7, 11) is 1.73. The normalized spacial score (nSPS) is 26.5. The molecule has 2 fully saturated rings. The quantitative estimate of drug-likeness (QED) is 0.930. The van der Waals surface area contributed by atoms with Crippen LogP contribution in [0.25, 0.3) is 10.8 Å². The van der Waals surface area contributed by atoms with Crippen LogP contribution in [0.1, 0.15) is 12.8 Å². The maximum atomic E-state index is 12.6. The minimum atomic E-state index is -0.228. The lowest BCUT2D eigenvalue weighted by Crippen LogP contribution is -2.42. The number of carbonyl (C=O) groups excluding carboxylic acids is 1. The van der Waals surface area contributed by atoms with E-state index >= 15 is 0 Å². The Morgan fingerprint density at radius 3 is 2.96 bits per heavy atom. The second-order valence-electron chi connectivity index (χ2n) is 6.99. The molecule has 132 valence electrons. The summed E-state index contributed by atoms with van der Waals surface area (Å²) >= 11 is 0. The van der Waals surface area contributed by atoms with E-state index < -0.39 is 0 Å². The van der Waals surface area contributed by atoms with E-state index in [0.717, 1.165) is 49.0 Å². The van der Waals surface area contributed by atoms with Crippen LogP contribution in [0.5, 0.6) is 0 Å². The van der Waals surface area contributed by atoms with Crippen LogP contribution in [0.3, 0.4) is 0 Å². The standard InChI is InChI=1S/C20H24N2O3/c1-24-18-12-22(14-20(18)10-5-11-25-20)13-19(23)21-17-9-4-7-15-6-2-3-8-16(15)17/h2-4,6-9,18H,5,10-14H2,1H3,(H,21,23)/t18-,20-/m1/s1. The number of nitrogens with zero attached hydrogens (tertiary/aromatic N) is 1. The van der Waals surface area contributed by atoms with Crippen LogP contribution in [0.4, 0.5) is 5.69 Å². The summed E-state index contributed by atoms with van der Waals surface area (Å²) in [5, 5.41) is 5.25. The number of anilines is 1. The molecule has 2 heterocycles. The van der Waals surface area contributed by atoms with Crippen molar-refractivity contribution in [2.75, 3.05) is 38.7 Å². The van der Waals surface area contributed by atoms with Gasteiger partial charge in [-0.1, -0.05) is 36.4 Å². The van der Waals surface area contributed by atoms with Gasteiger partial charge < -0.3 is 14.8 Å². The van der Waals surface area contributed by atoms with Gasteiger partial charge in [0.05, 0.1) is 12.6 Å². The third kappa shape index (κ3) is 3.15. The Bertz CT molecular complexity index is 765. The molecule has 4 rings (SSSR count). The topological polar surface area (TPSA) is 50.8 Å². The van der Waals surface area contributed by atoms with E-state index in [-0.39, 0.29) is 17.6 Å². The number of benzene rings is 2. The van der Waals surface area contributed by atoms with Crippen LogP contribution >= 0.6 is 0 Å². The Balaban J connectivity index is 1.44. The Hall–Kier alpha value is -1.95. The summed E-state index contributed by atoms with van der Waals surface area (Å²) in [4.78, 5) is 14.7. The van der Waals surface area contributed by atoms with Crippen molar-refractivity contribution < 1.29 is 14.3 Å². The number of fused-ring (bicyclic) bond motifs is 1. The molecule has 1 spiro atoms. The largest absolute Gasteiger partial charge is 0.377 e. The van der Waals surface area contributed by atoms with E-state index in [9.17, 15) is 4.79 Å². The molecule has 0 bridgehead atoms. The van der Waals surface area contributed by atoms with Gasteiger partial charge in [-0.2, -0.15) is 0 Å². The van der Waals surface area contributed by atoms with Crippen molar-refractivity contribution in [1.82, 2.24) is 4.90 Å². The van der Waals surface area contributed by atoms with E-state index in [1.165, 1.54) is 0 Å². The highest BCUT2D eigenvalue weighted by molar-refractivity contribution is 6.02. The van der Waals surface area contributed by atoms with Crippen molar-refractivity contribution in [2.45, 2.75) is 24.5 Å². The molecule has 2 aromatic rings. The first kappa shape index (κ1) is 16.5. The van der Waals surface area contributed by atoms with E-state index in [4.69, 9.17) is 9.47 Å². The van der Waals surface area contributed by atoms with Gasteiger partial charge in [-0.05, 0) is 24.3 Å². The number of carbonyl (C=O) groups is 1. The highest BCUT2D eigenvalue weighted by Crippen LogP contribution is 2.36. The molecule has 2 aliphatic rings. The fourth-order valence-electron chi connectivity index (χ4n) is 4.18. The zero-order valence-corrected chi connectivity index (χ0v) is 14.5. The Kier molecular flexibility index (Phi) is 4.46. The van der Waals surface area contributed by atoms with Gasteiger partial charge in [0.15, 0.2) is 0 Å². The second-order valence-corrected chi connectivity index (χ2v) is 6.99. The van der Waals surface area contributed by atoms with Gasteiger partial charge in [-0.25, -0.2) is 0 Å².